The molecule has 5 nitrogen and oxygen atoms in total. The third kappa shape index (κ3) is 3.96. The summed E-state index contributed by atoms with van der Waals surface area (Å²) >= 11 is 0. The van der Waals surface area contributed by atoms with Crippen molar-refractivity contribution < 1.29 is 13.5 Å². The molecule has 0 aliphatic carbocycles. The maximum absolute atomic E-state index is 11.8. The van der Waals surface area contributed by atoms with Crippen molar-refractivity contribution in [2.24, 2.45) is 0 Å². The first-order chi connectivity index (χ1) is 9.94. The first kappa shape index (κ1) is 16.3. The SMILES string of the molecule is CCS(=O)(=O)N1CCC(NC(C)c2ccccc2O)CC1. The van der Waals surface area contributed by atoms with Crippen LogP contribution in [0.3, 0.4) is 0 Å². The molecule has 2 rings (SSSR count). The molecule has 0 aromatic heterocycles. The van der Waals surface area contributed by atoms with Gasteiger partial charge in [0.15, 0.2) is 0 Å². The van der Waals surface area contributed by atoms with Crippen molar-refractivity contribution >= 4 is 10.0 Å². The summed E-state index contributed by atoms with van der Waals surface area (Å²) in [4.78, 5) is 0. The van der Waals surface area contributed by atoms with Gasteiger partial charge >= 0.3 is 0 Å². The van der Waals surface area contributed by atoms with Crippen LogP contribution in [0.4, 0.5) is 0 Å². The van der Waals surface area contributed by atoms with E-state index in [2.05, 4.69) is 5.32 Å². The zero-order valence-corrected chi connectivity index (χ0v) is 13.4. The Morgan fingerprint density at radius 2 is 1.95 bits per heavy atom. The van der Waals surface area contributed by atoms with Crippen LogP contribution in [-0.2, 0) is 10.0 Å². The quantitative estimate of drug-likeness (QED) is 0.870. The van der Waals surface area contributed by atoms with Gasteiger partial charge in [0.2, 0.25) is 10.0 Å². The molecule has 1 saturated heterocycles. The average Bonchev–Trinajstić information content (AvgIpc) is 2.48. The van der Waals surface area contributed by atoms with Crippen LogP contribution in [0.5, 0.6) is 5.75 Å². The van der Waals surface area contributed by atoms with E-state index >= 15 is 0 Å². The summed E-state index contributed by atoms with van der Waals surface area (Å²) < 4.78 is 25.2. The fraction of sp³-hybridized carbons (Fsp3) is 0.600. The van der Waals surface area contributed by atoms with E-state index in [1.807, 2.05) is 19.1 Å². The topological polar surface area (TPSA) is 69.6 Å². The molecule has 0 saturated carbocycles. The lowest BCUT2D eigenvalue weighted by molar-refractivity contribution is 0.276. The number of sulfonamides is 1. The Kier molecular flexibility index (Phi) is 5.24. The number of para-hydroxylation sites is 1. The van der Waals surface area contributed by atoms with E-state index in [0.717, 1.165) is 18.4 Å². The first-order valence-electron chi connectivity index (χ1n) is 7.45. The van der Waals surface area contributed by atoms with Gasteiger partial charge in [-0.25, -0.2) is 12.7 Å². The third-order valence-corrected chi connectivity index (χ3v) is 5.98. The van der Waals surface area contributed by atoms with Crippen LogP contribution in [-0.4, -0.2) is 42.7 Å². The largest absolute Gasteiger partial charge is 0.508 e. The molecule has 0 radical (unpaired) electrons. The van der Waals surface area contributed by atoms with Crippen molar-refractivity contribution in [2.75, 3.05) is 18.8 Å². The van der Waals surface area contributed by atoms with Crippen LogP contribution in [0.15, 0.2) is 24.3 Å². The van der Waals surface area contributed by atoms with Crippen molar-refractivity contribution in [1.29, 1.82) is 0 Å². The van der Waals surface area contributed by atoms with Crippen LogP contribution in [0.2, 0.25) is 0 Å². The molecule has 1 aliphatic rings. The molecular weight excluding hydrogens is 288 g/mol. The van der Waals surface area contributed by atoms with E-state index in [0.29, 0.717) is 18.8 Å². The normalized spacial score (nSPS) is 19.5. The number of benzene rings is 1. The summed E-state index contributed by atoms with van der Waals surface area (Å²) in [5.74, 6) is 0.461. The van der Waals surface area contributed by atoms with E-state index < -0.39 is 10.0 Å². The molecule has 0 spiro atoms. The van der Waals surface area contributed by atoms with E-state index in [4.69, 9.17) is 0 Å². The molecule has 118 valence electrons. The highest BCUT2D eigenvalue weighted by Gasteiger charge is 2.27. The highest BCUT2D eigenvalue weighted by Crippen LogP contribution is 2.25. The predicted octanol–water partition coefficient (Wildman–Crippen LogP) is 1.86. The lowest BCUT2D eigenvalue weighted by Crippen LogP contribution is -2.45. The maximum atomic E-state index is 11.8. The summed E-state index contributed by atoms with van der Waals surface area (Å²) in [7, 11) is -3.07. The van der Waals surface area contributed by atoms with Crippen molar-refractivity contribution in [2.45, 2.75) is 38.8 Å². The zero-order valence-electron chi connectivity index (χ0n) is 12.6. The van der Waals surface area contributed by atoms with Crippen molar-refractivity contribution in [1.82, 2.24) is 9.62 Å². The fourth-order valence-electron chi connectivity index (χ4n) is 2.78. The lowest BCUT2D eigenvalue weighted by atomic mass is 10.0. The highest BCUT2D eigenvalue weighted by atomic mass is 32.2. The molecule has 0 amide bonds. The molecule has 6 heteroatoms. The maximum Gasteiger partial charge on any atom is 0.213 e. The van der Waals surface area contributed by atoms with Gasteiger partial charge in [-0.1, -0.05) is 18.2 Å². The molecule has 1 aliphatic heterocycles. The predicted molar refractivity (Wildman–Crippen MR) is 83.7 cm³/mol. The van der Waals surface area contributed by atoms with Crippen LogP contribution in [0.25, 0.3) is 0 Å². The second-order valence-electron chi connectivity index (χ2n) is 5.52. The number of hydrogen-bond donors (Lipinski definition) is 2. The number of phenolic OH excluding ortho intramolecular Hbond substituents is 1. The minimum Gasteiger partial charge on any atom is -0.508 e. The molecule has 1 atom stereocenters. The second-order valence-corrected chi connectivity index (χ2v) is 7.78. The van der Waals surface area contributed by atoms with Crippen LogP contribution in [0, 0.1) is 0 Å². The van der Waals surface area contributed by atoms with Gasteiger partial charge in [-0.2, -0.15) is 0 Å². The lowest BCUT2D eigenvalue weighted by Gasteiger charge is -2.33. The Hall–Kier alpha value is -1.11. The summed E-state index contributed by atoms with van der Waals surface area (Å²) in [5.41, 5.74) is 0.876. The smallest absolute Gasteiger partial charge is 0.213 e. The summed E-state index contributed by atoms with van der Waals surface area (Å²) in [6.45, 7) is 4.84. The van der Waals surface area contributed by atoms with Crippen LogP contribution < -0.4 is 5.32 Å². The fourth-order valence-corrected chi connectivity index (χ4v) is 3.91. The molecule has 2 N–H and O–H groups in total. The molecule has 21 heavy (non-hydrogen) atoms. The van der Waals surface area contributed by atoms with Crippen LogP contribution in [0.1, 0.15) is 38.3 Å². The Labute approximate surface area is 127 Å². The summed E-state index contributed by atoms with van der Waals surface area (Å²) in [6, 6.07) is 7.63. The average molecular weight is 312 g/mol. The highest BCUT2D eigenvalue weighted by molar-refractivity contribution is 7.89. The van der Waals surface area contributed by atoms with Gasteiger partial charge in [-0.05, 0) is 32.8 Å². The van der Waals surface area contributed by atoms with Gasteiger partial charge in [0, 0.05) is 30.7 Å². The van der Waals surface area contributed by atoms with Gasteiger partial charge in [0.05, 0.1) is 5.75 Å². The minimum atomic E-state index is -3.07. The Morgan fingerprint density at radius 1 is 1.33 bits per heavy atom. The summed E-state index contributed by atoms with van der Waals surface area (Å²) in [5, 5.41) is 13.3. The number of nitrogens with zero attached hydrogens (tertiary/aromatic N) is 1. The number of piperidine rings is 1. The van der Waals surface area contributed by atoms with E-state index in [1.54, 1.807) is 23.4 Å². The molecular formula is C15H24N2O3S. The van der Waals surface area contributed by atoms with Crippen molar-refractivity contribution in [3.63, 3.8) is 0 Å². The van der Waals surface area contributed by atoms with E-state index in [-0.39, 0.29) is 17.8 Å². The van der Waals surface area contributed by atoms with Crippen molar-refractivity contribution in [3.8, 4) is 5.75 Å². The van der Waals surface area contributed by atoms with Gasteiger partial charge < -0.3 is 10.4 Å². The van der Waals surface area contributed by atoms with Gasteiger partial charge in [0.25, 0.3) is 0 Å². The number of hydrogen-bond acceptors (Lipinski definition) is 4. The second kappa shape index (κ2) is 6.77. The number of rotatable bonds is 5. The molecule has 1 heterocycles. The molecule has 1 aromatic carbocycles. The first-order valence-corrected chi connectivity index (χ1v) is 9.06. The number of nitrogens with one attached hydrogen (secondary N) is 1. The Morgan fingerprint density at radius 3 is 2.52 bits per heavy atom. The zero-order chi connectivity index (χ0) is 15.5. The van der Waals surface area contributed by atoms with E-state index in [9.17, 15) is 13.5 Å². The molecule has 0 bridgehead atoms. The van der Waals surface area contributed by atoms with Crippen molar-refractivity contribution in [3.05, 3.63) is 29.8 Å². The summed E-state index contributed by atoms with van der Waals surface area (Å²) in [6.07, 6.45) is 1.61. The van der Waals surface area contributed by atoms with Gasteiger partial charge in [0.1, 0.15) is 5.75 Å². The van der Waals surface area contributed by atoms with Gasteiger partial charge in [-0.3, -0.25) is 0 Å². The third-order valence-electron chi connectivity index (χ3n) is 4.10. The number of phenols is 1. The monoisotopic (exact) mass is 312 g/mol. The minimum absolute atomic E-state index is 0.0468. The molecule has 1 fully saturated rings. The van der Waals surface area contributed by atoms with Gasteiger partial charge in [-0.15, -0.1) is 0 Å². The van der Waals surface area contributed by atoms with E-state index in [1.165, 1.54) is 0 Å². The molecule has 1 unspecified atom stereocenters. The van der Waals surface area contributed by atoms with Crippen LogP contribution >= 0.6 is 0 Å². The Bertz CT molecular complexity index is 566. The number of aromatic hydroxyl groups is 1. The Balaban J connectivity index is 1.91. The molecule has 1 aromatic rings. The standard InChI is InChI=1S/C15H24N2O3S/c1-3-21(19,20)17-10-8-13(9-11-17)16-12(2)14-6-4-5-7-15(14)18/h4-7,12-13,16,18H,3,8-11H2,1-2H3.